The molecule has 2 heterocycles. The van der Waals surface area contributed by atoms with Crippen molar-refractivity contribution in [2.45, 2.75) is 6.04 Å². The fraction of sp³-hybridized carbons (Fsp3) is 0.0667. The maximum atomic E-state index is 11.1. The summed E-state index contributed by atoms with van der Waals surface area (Å²) in [5, 5.41) is 22.7. The zero-order valence-corrected chi connectivity index (χ0v) is 11.9. The fourth-order valence-electron chi connectivity index (χ4n) is 2.31. The van der Waals surface area contributed by atoms with Crippen LogP contribution in [0.4, 0.5) is 4.79 Å². The third-order valence-electron chi connectivity index (χ3n) is 3.25. The van der Waals surface area contributed by atoms with Gasteiger partial charge in [-0.2, -0.15) is 0 Å². The highest BCUT2D eigenvalue weighted by Gasteiger charge is 2.25. The second-order valence-electron chi connectivity index (χ2n) is 4.59. The number of carbonyl (C=O) groups is 1. The van der Waals surface area contributed by atoms with Crippen molar-refractivity contribution in [1.29, 1.82) is 0 Å². The molecule has 0 aliphatic heterocycles. The summed E-state index contributed by atoms with van der Waals surface area (Å²) in [5.74, 6) is 0.194. The van der Waals surface area contributed by atoms with Crippen molar-refractivity contribution in [3.8, 4) is 5.75 Å². The average molecular weight is 319 g/mol. The second-order valence-corrected chi connectivity index (χ2v) is 5.00. The van der Waals surface area contributed by atoms with E-state index >= 15 is 0 Å². The molecular weight excluding hydrogens is 308 g/mol. The Balaban J connectivity index is 2.22. The minimum atomic E-state index is -1.25. The van der Waals surface area contributed by atoms with Crippen LogP contribution in [0.2, 0.25) is 5.02 Å². The molecule has 2 aromatic heterocycles. The van der Waals surface area contributed by atoms with E-state index in [1.807, 2.05) is 0 Å². The lowest BCUT2D eigenvalue weighted by molar-refractivity contribution is 0.190. The number of phenols is 1. The molecule has 22 heavy (non-hydrogen) atoms. The highest BCUT2D eigenvalue weighted by atomic mass is 35.5. The summed E-state index contributed by atoms with van der Waals surface area (Å²) < 4.78 is 5.26. The Morgan fingerprint density at radius 1 is 1.36 bits per heavy atom. The first-order chi connectivity index (χ1) is 10.6. The monoisotopic (exact) mass is 318 g/mol. The normalized spacial score (nSPS) is 12.2. The molecular formula is C15H11ClN2O4. The van der Waals surface area contributed by atoms with Crippen LogP contribution >= 0.6 is 11.6 Å². The van der Waals surface area contributed by atoms with Crippen LogP contribution < -0.4 is 5.32 Å². The summed E-state index contributed by atoms with van der Waals surface area (Å²) >= 11 is 6.22. The van der Waals surface area contributed by atoms with Crippen molar-refractivity contribution < 1.29 is 19.4 Å². The fourth-order valence-corrected chi connectivity index (χ4v) is 2.58. The maximum absolute atomic E-state index is 11.1. The van der Waals surface area contributed by atoms with Crippen LogP contribution in [0.3, 0.4) is 0 Å². The number of aromatic hydroxyl groups is 1. The van der Waals surface area contributed by atoms with Crippen molar-refractivity contribution >= 4 is 28.6 Å². The SMILES string of the molecule is O=C(O)NC(c1ccco1)c1cc(Cl)c2cccnc2c1O. The lowest BCUT2D eigenvalue weighted by Gasteiger charge is -2.18. The predicted molar refractivity (Wildman–Crippen MR) is 80.1 cm³/mol. The van der Waals surface area contributed by atoms with Crippen LogP contribution in [0.25, 0.3) is 10.9 Å². The summed E-state index contributed by atoms with van der Waals surface area (Å²) in [6.07, 6.45) is 1.69. The second kappa shape index (κ2) is 5.57. The molecule has 0 fully saturated rings. The minimum absolute atomic E-state index is 0.143. The number of pyridine rings is 1. The number of rotatable bonds is 3. The molecule has 7 heteroatoms. The molecule has 0 aliphatic rings. The van der Waals surface area contributed by atoms with Gasteiger partial charge in [0.15, 0.2) is 0 Å². The lowest BCUT2D eigenvalue weighted by Crippen LogP contribution is -2.27. The van der Waals surface area contributed by atoms with Gasteiger partial charge < -0.3 is 19.9 Å². The van der Waals surface area contributed by atoms with Crippen molar-refractivity contribution in [2.75, 3.05) is 0 Å². The smallest absolute Gasteiger partial charge is 0.405 e. The van der Waals surface area contributed by atoms with Gasteiger partial charge in [0.05, 0.1) is 11.3 Å². The third kappa shape index (κ3) is 2.44. The first-order valence-electron chi connectivity index (χ1n) is 6.37. The van der Waals surface area contributed by atoms with E-state index in [1.54, 1.807) is 24.3 Å². The van der Waals surface area contributed by atoms with Crippen molar-refractivity contribution in [1.82, 2.24) is 10.3 Å². The largest absolute Gasteiger partial charge is 0.505 e. The van der Waals surface area contributed by atoms with Gasteiger partial charge in [0.2, 0.25) is 0 Å². The molecule has 6 nitrogen and oxygen atoms in total. The van der Waals surface area contributed by atoms with Crippen molar-refractivity contribution in [3.05, 3.63) is 59.1 Å². The number of hydrogen-bond donors (Lipinski definition) is 3. The van der Waals surface area contributed by atoms with Gasteiger partial charge in [0, 0.05) is 17.1 Å². The quantitative estimate of drug-likeness (QED) is 0.686. The molecule has 0 saturated heterocycles. The van der Waals surface area contributed by atoms with E-state index in [0.717, 1.165) is 0 Å². The van der Waals surface area contributed by atoms with Crippen molar-refractivity contribution in [2.24, 2.45) is 0 Å². The van der Waals surface area contributed by atoms with Gasteiger partial charge in [-0.1, -0.05) is 11.6 Å². The van der Waals surface area contributed by atoms with E-state index in [1.165, 1.54) is 18.5 Å². The van der Waals surface area contributed by atoms with E-state index in [0.29, 0.717) is 21.7 Å². The zero-order valence-electron chi connectivity index (χ0n) is 11.2. The van der Waals surface area contributed by atoms with Crippen LogP contribution in [0.5, 0.6) is 5.75 Å². The molecule has 0 bridgehead atoms. The van der Waals surface area contributed by atoms with Gasteiger partial charge in [-0.25, -0.2) is 4.79 Å². The first-order valence-corrected chi connectivity index (χ1v) is 6.74. The molecule has 3 N–H and O–H groups in total. The lowest BCUT2D eigenvalue weighted by atomic mass is 10.0. The van der Waals surface area contributed by atoms with Crippen LogP contribution in [0.15, 0.2) is 47.2 Å². The molecule has 3 aromatic rings. The Hall–Kier alpha value is -2.73. The molecule has 1 amide bonds. The van der Waals surface area contributed by atoms with Gasteiger partial charge in [-0.05, 0) is 30.3 Å². The number of halogens is 1. The number of fused-ring (bicyclic) bond motifs is 1. The van der Waals surface area contributed by atoms with Crippen molar-refractivity contribution in [3.63, 3.8) is 0 Å². The van der Waals surface area contributed by atoms with E-state index in [4.69, 9.17) is 21.1 Å². The molecule has 0 radical (unpaired) electrons. The average Bonchev–Trinajstić information content (AvgIpc) is 3.03. The number of aromatic nitrogens is 1. The van der Waals surface area contributed by atoms with Gasteiger partial charge in [0.25, 0.3) is 0 Å². The van der Waals surface area contributed by atoms with E-state index < -0.39 is 12.1 Å². The van der Waals surface area contributed by atoms with Crippen LogP contribution in [0, 0.1) is 0 Å². The molecule has 1 unspecified atom stereocenters. The van der Waals surface area contributed by atoms with E-state index in [9.17, 15) is 9.90 Å². The number of furan rings is 1. The molecule has 112 valence electrons. The van der Waals surface area contributed by atoms with Gasteiger partial charge >= 0.3 is 6.09 Å². The Kier molecular flexibility index (Phi) is 3.60. The molecule has 1 atom stereocenters. The summed E-state index contributed by atoms with van der Waals surface area (Å²) in [4.78, 5) is 15.2. The summed E-state index contributed by atoms with van der Waals surface area (Å²) in [7, 11) is 0. The maximum Gasteiger partial charge on any atom is 0.405 e. The van der Waals surface area contributed by atoms with Crippen LogP contribution in [-0.4, -0.2) is 21.3 Å². The molecule has 3 rings (SSSR count). The van der Waals surface area contributed by atoms with Gasteiger partial charge in [-0.3, -0.25) is 4.98 Å². The summed E-state index contributed by atoms with van der Waals surface area (Å²) in [6, 6.07) is 7.27. The number of nitrogens with zero attached hydrogens (tertiary/aromatic N) is 1. The Morgan fingerprint density at radius 2 is 2.18 bits per heavy atom. The van der Waals surface area contributed by atoms with Gasteiger partial charge in [-0.15, -0.1) is 0 Å². The number of amides is 1. The van der Waals surface area contributed by atoms with Gasteiger partial charge in [0.1, 0.15) is 23.1 Å². The summed E-state index contributed by atoms with van der Waals surface area (Å²) in [5.41, 5.74) is 0.572. The Morgan fingerprint density at radius 3 is 2.86 bits per heavy atom. The van der Waals surface area contributed by atoms with Crippen LogP contribution in [0.1, 0.15) is 17.4 Å². The molecule has 0 saturated carbocycles. The third-order valence-corrected chi connectivity index (χ3v) is 3.56. The standard InChI is InChI=1S/C15H11ClN2O4/c16-10-7-9(14(19)13-8(10)3-1-5-17-13)12(18-15(20)21)11-4-2-6-22-11/h1-7,12,18-19H,(H,20,21). The number of nitrogens with one attached hydrogen (secondary N) is 1. The number of hydrogen-bond acceptors (Lipinski definition) is 4. The number of benzene rings is 1. The number of carboxylic acid groups (broad SMARTS) is 1. The predicted octanol–water partition coefficient (Wildman–Crippen LogP) is 3.54. The van der Waals surface area contributed by atoms with Crippen LogP contribution in [-0.2, 0) is 0 Å². The topological polar surface area (TPSA) is 95.6 Å². The van der Waals surface area contributed by atoms with E-state index in [2.05, 4.69) is 10.3 Å². The summed E-state index contributed by atoms with van der Waals surface area (Å²) in [6.45, 7) is 0. The molecule has 0 spiro atoms. The Labute approximate surface area is 130 Å². The highest BCUT2D eigenvalue weighted by Crippen LogP contribution is 2.38. The minimum Gasteiger partial charge on any atom is -0.505 e. The molecule has 0 aliphatic carbocycles. The zero-order chi connectivity index (χ0) is 15.7. The Bertz CT molecular complexity index is 833. The van der Waals surface area contributed by atoms with E-state index in [-0.39, 0.29) is 11.3 Å². The number of phenolic OH excluding ortho intramolecular Hbond substituents is 1. The molecule has 1 aromatic carbocycles. The first kappa shape index (κ1) is 14.2. The highest BCUT2D eigenvalue weighted by molar-refractivity contribution is 6.35.